The SMILES string of the molecule is COCCOc1ccc(C2=C[C@@H](O)N=C(C3=C(Cl)C4C=CC(CNC(=O)C(C)C)=C[C@H]34)N2)cn1. The van der Waals surface area contributed by atoms with E-state index in [1.54, 1.807) is 25.4 Å². The number of aliphatic hydroxyl groups excluding tert-OH is 1. The number of nitrogens with one attached hydrogen (secondary N) is 2. The molecule has 9 heteroatoms. The van der Waals surface area contributed by atoms with Crippen molar-refractivity contribution in [3.05, 3.63) is 64.4 Å². The van der Waals surface area contributed by atoms with Crippen molar-refractivity contribution in [2.75, 3.05) is 26.9 Å². The fourth-order valence-corrected chi connectivity index (χ4v) is 4.37. The van der Waals surface area contributed by atoms with Gasteiger partial charge in [-0.3, -0.25) is 4.79 Å². The van der Waals surface area contributed by atoms with Gasteiger partial charge in [-0.25, -0.2) is 9.98 Å². The molecular weight excluding hydrogens is 456 g/mol. The molecular formula is C25H29ClN4O4. The van der Waals surface area contributed by atoms with E-state index in [1.165, 1.54) is 0 Å². The summed E-state index contributed by atoms with van der Waals surface area (Å²) in [4.78, 5) is 20.6. The van der Waals surface area contributed by atoms with E-state index in [9.17, 15) is 9.90 Å². The van der Waals surface area contributed by atoms with E-state index >= 15 is 0 Å². The van der Waals surface area contributed by atoms with E-state index in [-0.39, 0.29) is 23.7 Å². The number of carbonyl (C=O) groups excluding carboxylic acids is 1. The summed E-state index contributed by atoms with van der Waals surface area (Å²) in [6, 6.07) is 3.63. The zero-order valence-electron chi connectivity index (χ0n) is 19.4. The van der Waals surface area contributed by atoms with Gasteiger partial charge in [0.25, 0.3) is 0 Å². The minimum absolute atomic E-state index is 0.0128. The number of amidine groups is 1. The molecule has 2 heterocycles. The highest BCUT2D eigenvalue weighted by Gasteiger charge is 2.41. The molecule has 2 aliphatic carbocycles. The van der Waals surface area contributed by atoms with E-state index in [2.05, 4.69) is 32.8 Å². The first-order chi connectivity index (χ1) is 16.4. The largest absolute Gasteiger partial charge is 0.475 e. The first kappa shape index (κ1) is 24.2. The fourth-order valence-electron chi connectivity index (χ4n) is 3.95. The third-order valence-electron chi connectivity index (χ3n) is 5.84. The maximum absolute atomic E-state index is 11.9. The molecule has 3 atom stereocenters. The van der Waals surface area contributed by atoms with Crippen molar-refractivity contribution in [2.45, 2.75) is 20.1 Å². The molecule has 3 aliphatic rings. The van der Waals surface area contributed by atoms with Gasteiger partial charge >= 0.3 is 0 Å². The van der Waals surface area contributed by atoms with Gasteiger partial charge in [0.15, 0.2) is 6.23 Å². The summed E-state index contributed by atoms with van der Waals surface area (Å²) in [5.74, 6) is 1.07. The van der Waals surface area contributed by atoms with Gasteiger partial charge in [0, 0.05) is 65.5 Å². The molecule has 0 saturated carbocycles. The smallest absolute Gasteiger partial charge is 0.222 e. The van der Waals surface area contributed by atoms with Gasteiger partial charge in [0.2, 0.25) is 11.8 Å². The number of carbonyl (C=O) groups is 1. The van der Waals surface area contributed by atoms with Crippen LogP contribution in [-0.4, -0.2) is 54.9 Å². The molecule has 8 nitrogen and oxygen atoms in total. The molecule has 0 saturated heterocycles. The van der Waals surface area contributed by atoms with Crippen LogP contribution in [0.25, 0.3) is 5.70 Å². The third-order valence-corrected chi connectivity index (χ3v) is 6.30. The van der Waals surface area contributed by atoms with E-state index in [0.717, 1.165) is 16.7 Å². The van der Waals surface area contributed by atoms with Crippen LogP contribution in [0.1, 0.15) is 19.4 Å². The molecule has 0 bridgehead atoms. The lowest BCUT2D eigenvalue weighted by Crippen LogP contribution is -2.40. The average molecular weight is 485 g/mol. The average Bonchev–Trinajstić information content (AvgIpc) is 2.82. The summed E-state index contributed by atoms with van der Waals surface area (Å²) < 4.78 is 10.5. The van der Waals surface area contributed by atoms with Crippen LogP contribution in [0.3, 0.4) is 0 Å². The van der Waals surface area contributed by atoms with Gasteiger partial charge in [-0.2, -0.15) is 0 Å². The van der Waals surface area contributed by atoms with Crippen molar-refractivity contribution < 1.29 is 19.4 Å². The maximum Gasteiger partial charge on any atom is 0.222 e. The second-order valence-electron chi connectivity index (χ2n) is 8.61. The highest BCUT2D eigenvalue weighted by Crippen LogP contribution is 2.48. The Hall–Kier alpha value is -2.94. The summed E-state index contributed by atoms with van der Waals surface area (Å²) in [5, 5.41) is 17.3. The highest BCUT2D eigenvalue weighted by atomic mass is 35.5. The number of methoxy groups -OCH3 is 1. The van der Waals surface area contributed by atoms with Gasteiger partial charge < -0.3 is 25.2 Å². The standard InChI is InChI=1S/C25H29ClN4O4/c1-14(2)25(32)28-12-15-4-6-17-18(10-15)22(23(17)26)24-29-19(11-20(31)30-24)16-5-7-21(27-13-16)34-9-8-33-3/h4-7,10-11,13-14,17-18,20,31H,8-9,12H2,1-3H3,(H,28,32)(H,29,30)/t17?,18-,20+/m0/s1. The number of pyridine rings is 1. The van der Waals surface area contributed by atoms with Crippen LogP contribution >= 0.6 is 11.6 Å². The van der Waals surface area contributed by atoms with Crippen LogP contribution in [0.2, 0.25) is 0 Å². The van der Waals surface area contributed by atoms with Crippen LogP contribution in [0, 0.1) is 17.8 Å². The molecule has 1 aromatic rings. The molecule has 0 radical (unpaired) electrons. The molecule has 180 valence electrons. The minimum atomic E-state index is -1.01. The van der Waals surface area contributed by atoms with Crippen LogP contribution < -0.4 is 15.4 Å². The Balaban J connectivity index is 1.46. The summed E-state index contributed by atoms with van der Waals surface area (Å²) in [6.45, 7) is 5.09. The number of rotatable bonds is 9. The number of aliphatic hydroxyl groups is 1. The number of amides is 1. The monoisotopic (exact) mass is 484 g/mol. The molecule has 1 aliphatic heterocycles. The molecule has 1 amide bonds. The predicted octanol–water partition coefficient (Wildman–Crippen LogP) is 2.78. The molecule has 34 heavy (non-hydrogen) atoms. The number of aliphatic imine (C=N–C) groups is 1. The van der Waals surface area contributed by atoms with E-state index in [4.69, 9.17) is 21.1 Å². The Morgan fingerprint density at radius 2 is 2.09 bits per heavy atom. The normalized spacial score (nSPS) is 23.4. The van der Waals surface area contributed by atoms with E-state index < -0.39 is 6.23 Å². The number of hydrogen-bond acceptors (Lipinski definition) is 7. The molecule has 0 spiro atoms. The number of halogens is 1. The number of nitrogens with zero attached hydrogens (tertiary/aromatic N) is 2. The van der Waals surface area contributed by atoms with Crippen LogP contribution in [0.4, 0.5) is 0 Å². The molecule has 4 rings (SSSR count). The second-order valence-corrected chi connectivity index (χ2v) is 9.02. The lowest BCUT2D eigenvalue weighted by Gasteiger charge is -2.40. The number of aromatic nitrogens is 1. The summed E-state index contributed by atoms with van der Waals surface area (Å²) in [5.41, 5.74) is 3.33. The number of fused-ring (bicyclic) bond motifs is 1. The summed E-state index contributed by atoms with van der Waals surface area (Å²) >= 11 is 6.63. The van der Waals surface area contributed by atoms with Crippen molar-refractivity contribution in [2.24, 2.45) is 22.7 Å². The maximum atomic E-state index is 11.9. The number of allylic oxidation sites excluding steroid dienone is 3. The van der Waals surface area contributed by atoms with E-state index in [0.29, 0.717) is 42.2 Å². The van der Waals surface area contributed by atoms with Gasteiger partial charge in [0.1, 0.15) is 12.4 Å². The van der Waals surface area contributed by atoms with Gasteiger partial charge in [-0.05, 0) is 17.7 Å². The Bertz CT molecular complexity index is 1090. The van der Waals surface area contributed by atoms with Crippen LogP contribution in [-0.2, 0) is 9.53 Å². The summed E-state index contributed by atoms with van der Waals surface area (Å²) in [6.07, 6.45) is 8.45. The Morgan fingerprint density at radius 1 is 1.26 bits per heavy atom. The van der Waals surface area contributed by atoms with Gasteiger partial charge in [-0.15, -0.1) is 0 Å². The highest BCUT2D eigenvalue weighted by molar-refractivity contribution is 6.34. The topological polar surface area (TPSA) is 105 Å². The lowest BCUT2D eigenvalue weighted by atomic mass is 9.70. The van der Waals surface area contributed by atoms with Gasteiger partial charge in [-0.1, -0.05) is 43.7 Å². The molecule has 3 N–H and O–H groups in total. The Labute approximate surface area is 204 Å². The summed E-state index contributed by atoms with van der Waals surface area (Å²) in [7, 11) is 1.61. The first-order valence-electron chi connectivity index (χ1n) is 11.3. The van der Waals surface area contributed by atoms with Gasteiger partial charge in [0.05, 0.1) is 6.61 Å². The van der Waals surface area contributed by atoms with Crippen molar-refractivity contribution in [1.29, 1.82) is 0 Å². The van der Waals surface area contributed by atoms with Crippen molar-refractivity contribution >= 4 is 29.0 Å². The molecule has 0 fully saturated rings. The third kappa shape index (κ3) is 5.24. The fraction of sp³-hybridized carbons (Fsp3) is 0.400. The number of hydrogen-bond donors (Lipinski definition) is 3. The minimum Gasteiger partial charge on any atom is -0.475 e. The lowest BCUT2D eigenvalue weighted by molar-refractivity contribution is -0.123. The van der Waals surface area contributed by atoms with Crippen LogP contribution in [0.15, 0.2) is 63.8 Å². The Morgan fingerprint density at radius 3 is 2.79 bits per heavy atom. The molecule has 1 aromatic heterocycles. The first-order valence-corrected chi connectivity index (χ1v) is 11.6. The van der Waals surface area contributed by atoms with Crippen LogP contribution in [0.5, 0.6) is 5.88 Å². The van der Waals surface area contributed by atoms with Crippen molar-refractivity contribution in [3.8, 4) is 5.88 Å². The predicted molar refractivity (Wildman–Crippen MR) is 131 cm³/mol. The van der Waals surface area contributed by atoms with Crippen molar-refractivity contribution in [1.82, 2.24) is 15.6 Å². The molecule has 1 unspecified atom stereocenters. The molecule has 0 aromatic carbocycles. The van der Waals surface area contributed by atoms with Crippen molar-refractivity contribution in [3.63, 3.8) is 0 Å². The van der Waals surface area contributed by atoms with E-state index in [1.807, 2.05) is 26.0 Å². The quantitative estimate of drug-likeness (QED) is 0.465. The number of ether oxygens (including phenoxy) is 2. The Kier molecular flexibility index (Phi) is 7.50. The zero-order valence-corrected chi connectivity index (χ0v) is 20.2. The zero-order chi connectivity index (χ0) is 24.2. The second kappa shape index (κ2) is 10.5.